The molecule has 0 fully saturated rings. The summed E-state index contributed by atoms with van der Waals surface area (Å²) in [5.74, 6) is 0.148. The molecule has 2 nitrogen and oxygen atoms in total. The molecule has 1 aromatic rings. The Morgan fingerprint density at radius 3 is 2.73 bits per heavy atom. The first-order valence-electron chi connectivity index (χ1n) is 4.23. The van der Waals surface area contributed by atoms with Crippen molar-refractivity contribution in [1.29, 1.82) is 5.26 Å². The fourth-order valence-electron chi connectivity index (χ4n) is 1.10. The molecule has 0 saturated carbocycles. The molecule has 80 valence electrons. The lowest BCUT2D eigenvalue weighted by Crippen LogP contribution is -2.02. The number of benzene rings is 1. The van der Waals surface area contributed by atoms with Crippen LogP contribution in [0.3, 0.4) is 0 Å². The second-order valence-corrected chi connectivity index (χ2v) is 3.95. The van der Waals surface area contributed by atoms with Crippen LogP contribution in [0.4, 0.5) is 8.78 Å². The van der Waals surface area contributed by atoms with E-state index in [1.165, 1.54) is 6.07 Å². The molecule has 0 aliphatic heterocycles. The molecule has 0 bridgehead atoms. The third kappa shape index (κ3) is 4.00. The molecule has 0 atom stereocenters. The normalized spacial score (nSPS) is 10.1. The third-order valence-electron chi connectivity index (χ3n) is 1.76. The van der Waals surface area contributed by atoms with Crippen molar-refractivity contribution in [2.24, 2.45) is 0 Å². The van der Waals surface area contributed by atoms with Crippen molar-refractivity contribution in [2.45, 2.75) is 19.5 Å². The summed E-state index contributed by atoms with van der Waals surface area (Å²) < 4.78 is 28.9. The lowest BCUT2D eigenvalue weighted by molar-refractivity contribution is -0.0498. The van der Waals surface area contributed by atoms with Crippen molar-refractivity contribution < 1.29 is 13.5 Å². The molecule has 0 aromatic heterocycles. The van der Waals surface area contributed by atoms with Crippen LogP contribution in [0.2, 0.25) is 0 Å². The number of rotatable bonds is 4. The Kier molecular flexibility index (Phi) is 4.75. The predicted octanol–water partition coefficient (Wildman–Crippen LogP) is 3.35. The summed E-state index contributed by atoms with van der Waals surface area (Å²) >= 11 is 2.04. The van der Waals surface area contributed by atoms with Crippen molar-refractivity contribution in [3.63, 3.8) is 0 Å². The number of nitrogens with zero attached hydrogens (tertiary/aromatic N) is 1. The summed E-state index contributed by atoms with van der Waals surface area (Å²) in [6, 6.07) is 6.77. The zero-order valence-electron chi connectivity index (χ0n) is 7.71. The number of hydrogen-bond donors (Lipinski definition) is 0. The Balaban J connectivity index is 2.75. The highest BCUT2D eigenvalue weighted by Crippen LogP contribution is 2.22. The topological polar surface area (TPSA) is 33.0 Å². The van der Waals surface area contributed by atoms with Gasteiger partial charge in [0.05, 0.1) is 6.07 Å². The minimum absolute atomic E-state index is 0.148. The molecular weight excluding hydrogens is 315 g/mol. The van der Waals surface area contributed by atoms with Crippen molar-refractivity contribution in [3.8, 4) is 11.8 Å². The van der Waals surface area contributed by atoms with Gasteiger partial charge in [-0.25, -0.2) is 0 Å². The quantitative estimate of drug-likeness (QED) is 0.796. The van der Waals surface area contributed by atoms with Gasteiger partial charge in [-0.1, -0.05) is 6.07 Å². The van der Waals surface area contributed by atoms with Crippen molar-refractivity contribution in [3.05, 3.63) is 27.3 Å². The number of aryl methyl sites for hydroxylation is 1. The minimum Gasteiger partial charge on any atom is -0.435 e. The molecular formula is C10H8F2INO. The monoisotopic (exact) mass is 323 g/mol. The number of halogens is 3. The summed E-state index contributed by atoms with van der Waals surface area (Å²) in [5.41, 5.74) is 0.971. The van der Waals surface area contributed by atoms with Crippen LogP contribution in [0.5, 0.6) is 5.75 Å². The van der Waals surface area contributed by atoms with Crippen LogP contribution in [0.1, 0.15) is 12.0 Å². The maximum Gasteiger partial charge on any atom is 0.387 e. The predicted molar refractivity (Wildman–Crippen MR) is 59.7 cm³/mol. The largest absolute Gasteiger partial charge is 0.435 e. The first-order valence-corrected chi connectivity index (χ1v) is 5.31. The van der Waals surface area contributed by atoms with Crippen LogP contribution in [-0.2, 0) is 6.42 Å². The maximum atomic E-state index is 11.9. The van der Waals surface area contributed by atoms with Crippen LogP contribution >= 0.6 is 22.6 Å². The lowest BCUT2D eigenvalue weighted by Gasteiger charge is -2.07. The standard InChI is InChI=1S/C10H8F2INO/c11-10(12)15-8-4-3-7(2-1-5-14)9(13)6-8/h3-4,6,10H,1-2H2. The van der Waals surface area contributed by atoms with E-state index in [2.05, 4.69) is 4.74 Å². The van der Waals surface area contributed by atoms with Gasteiger partial charge in [0.25, 0.3) is 0 Å². The molecule has 0 saturated heterocycles. The first-order chi connectivity index (χ1) is 7.13. The molecule has 0 aliphatic carbocycles. The van der Waals surface area contributed by atoms with Crippen LogP contribution in [0, 0.1) is 14.9 Å². The summed E-state index contributed by atoms with van der Waals surface area (Å²) in [7, 11) is 0. The van der Waals surface area contributed by atoms with Crippen LogP contribution in [0.25, 0.3) is 0 Å². The molecule has 0 N–H and O–H groups in total. The summed E-state index contributed by atoms with van der Waals surface area (Å²) in [6.07, 6.45) is 1.05. The minimum atomic E-state index is -2.80. The van der Waals surface area contributed by atoms with Crippen molar-refractivity contribution in [2.75, 3.05) is 0 Å². The average molecular weight is 323 g/mol. The Bertz CT molecular complexity index is 376. The molecule has 0 heterocycles. The van der Waals surface area contributed by atoms with Gasteiger partial charge in [0.1, 0.15) is 5.75 Å². The number of alkyl halides is 2. The molecule has 0 unspecified atom stereocenters. The lowest BCUT2D eigenvalue weighted by atomic mass is 10.1. The van der Waals surface area contributed by atoms with E-state index in [1.807, 2.05) is 28.7 Å². The van der Waals surface area contributed by atoms with E-state index in [1.54, 1.807) is 12.1 Å². The highest BCUT2D eigenvalue weighted by molar-refractivity contribution is 14.1. The molecule has 0 radical (unpaired) electrons. The fraction of sp³-hybridized carbons (Fsp3) is 0.300. The van der Waals surface area contributed by atoms with E-state index >= 15 is 0 Å². The Morgan fingerprint density at radius 2 is 2.20 bits per heavy atom. The van der Waals surface area contributed by atoms with Crippen molar-refractivity contribution >= 4 is 22.6 Å². The average Bonchev–Trinajstić information content (AvgIpc) is 2.15. The van der Waals surface area contributed by atoms with Gasteiger partial charge >= 0.3 is 6.61 Å². The third-order valence-corrected chi connectivity index (χ3v) is 2.76. The van der Waals surface area contributed by atoms with Gasteiger partial charge in [0.2, 0.25) is 0 Å². The zero-order chi connectivity index (χ0) is 11.3. The second kappa shape index (κ2) is 5.85. The van der Waals surface area contributed by atoms with Gasteiger partial charge in [0, 0.05) is 9.99 Å². The molecule has 1 rings (SSSR count). The van der Waals surface area contributed by atoms with Gasteiger partial charge in [-0.3, -0.25) is 0 Å². The molecule has 5 heteroatoms. The smallest absolute Gasteiger partial charge is 0.387 e. The van der Waals surface area contributed by atoms with Gasteiger partial charge in [-0.15, -0.1) is 0 Å². The van der Waals surface area contributed by atoms with E-state index in [0.717, 1.165) is 9.13 Å². The Morgan fingerprint density at radius 1 is 1.47 bits per heavy atom. The molecule has 0 amide bonds. The summed E-state index contributed by atoms with van der Waals surface area (Å²) in [6.45, 7) is -2.80. The van der Waals surface area contributed by atoms with Crippen LogP contribution in [0.15, 0.2) is 18.2 Å². The van der Waals surface area contributed by atoms with E-state index in [9.17, 15) is 8.78 Å². The number of ether oxygens (including phenoxy) is 1. The zero-order valence-corrected chi connectivity index (χ0v) is 9.87. The maximum absolute atomic E-state index is 11.9. The van der Waals surface area contributed by atoms with Crippen LogP contribution < -0.4 is 4.74 Å². The summed E-state index contributed by atoms with van der Waals surface area (Å²) in [4.78, 5) is 0. The Hall–Kier alpha value is -0.900. The van der Waals surface area contributed by atoms with Gasteiger partial charge in [-0.05, 0) is 46.7 Å². The van der Waals surface area contributed by atoms with E-state index < -0.39 is 6.61 Å². The Labute approximate surface area is 100.0 Å². The second-order valence-electron chi connectivity index (χ2n) is 2.79. The number of hydrogen-bond acceptors (Lipinski definition) is 2. The van der Waals surface area contributed by atoms with Crippen LogP contribution in [-0.4, -0.2) is 6.61 Å². The van der Waals surface area contributed by atoms with Gasteiger partial charge < -0.3 is 4.74 Å². The van der Waals surface area contributed by atoms with Crippen molar-refractivity contribution in [1.82, 2.24) is 0 Å². The highest BCUT2D eigenvalue weighted by Gasteiger charge is 2.06. The molecule has 0 aliphatic rings. The van der Waals surface area contributed by atoms with Gasteiger partial charge in [-0.2, -0.15) is 14.0 Å². The van der Waals surface area contributed by atoms with Gasteiger partial charge in [0.15, 0.2) is 0 Å². The summed E-state index contributed by atoms with van der Waals surface area (Å²) in [5, 5.41) is 8.42. The molecule has 0 spiro atoms. The van der Waals surface area contributed by atoms with E-state index in [-0.39, 0.29) is 5.75 Å². The van der Waals surface area contributed by atoms with E-state index in [0.29, 0.717) is 12.8 Å². The molecule has 15 heavy (non-hydrogen) atoms. The fourth-order valence-corrected chi connectivity index (χ4v) is 1.85. The first kappa shape index (κ1) is 12.2. The SMILES string of the molecule is N#CCCc1ccc(OC(F)F)cc1I. The van der Waals surface area contributed by atoms with E-state index in [4.69, 9.17) is 5.26 Å². The highest BCUT2D eigenvalue weighted by atomic mass is 127. The molecule has 1 aromatic carbocycles. The number of nitriles is 1.